The van der Waals surface area contributed by atoms with Gasteiger partial charge in [0.2, 0.25) is 0 Å². The lowest BCUT2D eigenvalue weighted by molar-refractivity contribution is 0.537. The van der Waals surface area contributed by atoms with Crippen LogP contribution in [0.3, 0.4) is 0 Å². The fourth-order valence-electron chi connectivity index (χ4n) is 1.41. The molecule has 0 saturated heterocycles. The average Bonchev–Trinajstić information content (AvgIpc) is 2.25. The molecule has 1 heterocycles. The number of anilines is 1. The first-order chi connectivity index (χ1) is 7.25. The quantitative estimate of drug-likeness (QED) is 0.786. The first-order valence-electron chi connectivity index (χ1n) is 5.28. The summed E-state index contributed by atoms with van der Waals surface area (Å²) < 4.78 is 0. The highest BCUT2D eigenvalue weighted by molar-refractivity contribution is 8.14. The van der Waals surface area contributed by atoms with Crippen molar-refractivity contribution in [2.75, 3.05) is 11.1 Å². The van der Waals surface area contributed by atoms with Gasteiger partial charge >= 0.3 is 0 Å². The zero-order chi connectivity index (χ0) is 10.7. The second-order valence-corrected chi connectivity index (χ2v) is 4.96. The molecule has 0 spiro atoms. The summed E-state index contributed by atoms with van der Waals surface area (Å²) in [6.07, 6.45) is 0. The Morgan fingerprint density at radius 3 is 2.67 bits per heavy atom. The minimum absolute atomic E-state index is 0.428. The van der Waals surface area contributed by atoms with Crippen molar-refractivity contribution in [1.82, 2.24) is 0 Å². The van der Waals surface area contributed by atoms with Gasteiger partial charge in [-0.25, -0.2) is 0 Å². The molecule has 1 aromatic carbocycles. The van der Waals surface area contributed by atoms with Crippen LogP contribution in [0.4, 0.5) is 5.69 Å². The van der Waals surface area contributed by atoms with Gasteiger partial charge in [0.15, 0.2) is 5.17 Å². The molecule has 1 aliphatic heterocycles. The number of aliphatic imine (C=N–C) groups is 1. The van der Waals surface area contributed by atoms with Crippen molar-refractivity contribution in [2.24, 2.45) is 10.9 Å². The molecule has 1 aliphatic rings. The molecular formula is C12H16N2S. The van der Waals surface area contributed by atoms with Crippen LogP contribution in [0.15, 0.2) is 35.3 Å². The van der Waals surface area contributed by atoms with E-state index in [-0.39, 0.29) is 0 Å². The first kappa shape index (κ1) is 10.6. The Balaban J connectivity index is 2.04. The Morgan fingerprint density at radius 2 is 2.00 bits per heavy atom. The maximum Gasteiger partial charge on any atom is 0.161 e. The highest BCUT2D eigenvalue weighted by Gasteiger charge is 2.18. The third-order valence-electron chi connectivity index (χ3n) is 2.65. The molecule has 15 heavy (non-hydrogen) atoms. The number of nitrogens with one attached hydrogen (secondary N) is 1. The number of hydrogen-bond acceptors (Lipinski definition) is 3. The lowest BCUT2D eigenvalue weighted by atomic mass is 10.1. The minimum Gasteiger partial charge on any atom is -0.335 e. The van der Waals surface area contributed by atoms with Crippen LogP contribution in [0.5, 0.6) is 0 Å². The number of para-hydroxylation sites is 1. The van der Waals surface area contributed by atoms with Crippen LogP contribution in [-0.2, 0) is 0 Å². The van der Waals surface area contributed by atoms with Gasteiger partial charge in [-0.3, -0.25) is 4.99 Å². The Kier molecular flexibility index (Phi) is 3.31. The van der Waals surface area contributed by atoms with Crippen molar-refractivity contribution in [3.63, 3.8) is 0 Å². The number of benzene rings is 1. The van der Waals surface area contributed by atoms with Gasteiger partial charge in [-0.2, -0.15) is 0 Å². The van der Waals surface area contributed by atoms with Gasteiger partial charge in [-0.1, -0.05) is 36.9 Å². The van der Waals surface area contributed by atoms with Crippen molar-refractivity contribution in [3.8, 4) is 0 Å². The molecule has 0 saturated carbocycles. The highest BCUT2D eigenvalue weighted by atomic mass is 32.2. The fraction of sp³-hybridized carbons (Fsp3) is 0.417. The molecule has 3 heteroatoms. The van der Waals surface area contributed by atoms with Gasteiger partial charge in [0, 0.05) is 11.4 Å². The van der Waals surface area contributed by atoms with Gasteiger partial charge in [0.25, 0.3) is 0 Å². The topological polar surface area (TPSA) is 24.4 Å². The van der Waals surface area contributed by atoms with E-state index in [1.807, 2.05) is 30.0 Å². The van der Waals surface area contributed by atoms with Gasteiger partial charge in [-0.15, -0.1) is 0 Å². The van der Waals surface area contributed by atoms with Gasteiger partial charge in [-0.05, 0) is 25.0 Å². The van der Waals surface area contributed by atoms with Crippen molar-refractivity contribution >= 4 is 22.6 Å². The standard InChI is InChI=1S/C12H16N2S/c1-9-8-15-12(13-10(9)2)14-11-6-4-3-5-7-11/h3-7,9-10H,8H2,1-2H3,(H,13,14). The molecule has 0 aliphatic carbocycles. The molecule has 1 aromatic rings. The van der Waals surface area contributed by atoms with Crippen LogP contribution in [0.25, 0.3) is 0 Å². The number of nitrogens with zero attached hydrogens (tertiary/aromatic N) is 1. The predicted molar refractivity (Wildman–Crippen MR) is 68.6 cm³/mol. The number of rotatable bonds is 1. The van der Waals surface area contributed by atoms with Crippen LogP contribution < -0.4 is 5.32 Å². The molecule has 2 rings (SSSR count). The number of amidine groups is 1. The van der Waals surface area contributed by atoms with Gasteiger partial charge in [0.05, 0.1) is 6.04 Å². The Hall–Kier alpha value is -0.960. The molecule has 2 nitrogen and oxygen atoms in total. The fourth-order valence-corrected chi connectivity index (χ4v) is 2.54. The van der Waals surface area contributed by atoms with Crippen LogP contribution in [-0.4, -0.2) is 17.0 Å². The smallest absolute Gasteiger partial charge is 0.161 e. The molecule has 2 unspecified atom stereocenters. The van der Waals surface area contributed by atoms with Crippen molar-refractivity contribution in [3.05, 3.63) is 30.3 Å². The average molecular weight is 220 g/mol. The summed E-state index contributed by atoms with van der Waals surface area (Å²) >= 11 is 1.81. The number of hydrogen-bond donors (Lipinski definition) is 1. The monoisotopic (exact) mass is 220 g/mol. The van der Waals surface area contributed by atoms with Crippen molar-refractivity contribution < 1.29 is 0 Å². The predicted octanol–water partition coefficient (Wildman–Crippen LogP) is 3.23. The van der Waals surface area contributed by atoms with E-state index < -0.39 is 0 Å². The lowest BCUT2D eigenvalue weighted by Gasteiger charge is -2.23. The van der Waals surface area contributed by atoms with Crippen LogP contribution in [0.2, 0.25) is 0 Å². The van der Waals surface area contributed by atoms with Crippen LogP contribution in [0.1, 0.15) is 13.8 Å². The largest absolute Gasteiger partial charge is 0.335 e. The van der Waals surface area contributed by atoms with E-state index in [4.69, 9.17) is 0 Å². The highest BCUT2D eigenvalue weighted by Crippen LogP contribution is 2.23. The van der Waals surface area contributed by atoms with Gasteiger partial charge < -0.3 is 5.32 Å². The minimum atomic E-state index is 0.428. The number of thioether (sulfide) groups is 1. The zero-order valence-electron chi connectivity index (χ0n) is 9.10. The van der Waals surface area contributed by atoms with E-state index in [2.05, 4.69) is 36.3 Å². The molecule has 2 atom stereocenters. The summed E-state index contributed by atoms with van der Waals surface area (Å²) in [6.45, 7) is 4.43. The van der Waals surface area contributed by atoms with Crippen molar-refractivity contribution in [2.45, 2.75) is 19.9 Å². The van der Waals surface area contributed by atoms with E-state index >= 15 is 0 Å². The summed E-state index contributed by atoms with van der Waals surface area (Å²) in [7, 11) is 0. The molecular weight excluding hydrogens is 204 g/mol. The third-order valence-corrected chi connectivity index (χ3v) is 3.83. The maximum absolute atomic E-state index is 4.63. The molecule has 0 aromatic heterocycles. The summed E-state index contributed by atoms with van der Waals surface area (Å²) in [6, 6.07) is 10.6. The SMILES string of the molecule is CC1CSC(Nc2ccccc2)=NC1C. The lowest BCUT2D eigenvalue weighted by Crippen LogP contribution is -2.25. The molecule has 1 N–H and O–H groups in total. The Bertz CT molecular complexity index is 348. The van der Waals surface area contributed by atoms with E-state index in [0.717, 1.165) is 16.6 Å². The maximum atomic E-state index is 4.63. The normalized spacial score (nSPS) is 25.9. The summed E-state index contributed by atoms with van der Waals surface area (Å²) in [5.41, 5.74) is 1.12. The molecule has 0 radical (unpaired) electrons. The molecule has 0 amide bonds. The second kappa shape index (κ2) is 4.71. The zero-order valence-corrected chi connectivity index (χ0v) is 9.92. The van der Waals surface area contributed by atoms with E-state index in [1.165, 1.54) is 0 Å². The van der Waals surface area contributed by atoms with E-state index in [9.17, 15) is 0 Å². The van der Waals surface area contributed by atoms with Crippen LogP contribution >= 0.6 is 11.8 Å². The summed E-state index contributed by atoms with van der Waals surface area (Å²) in [5.74, 6) is 1.83. The van der Waals surface area contributed by atoms with E-state index in [1.54, 1.807) is 0 Å². The second-order valence-electron chi connectivity index (χ2n) is 3.95. The van der Waals surface area contributed by atoms with E-state index in [0.29, 0.717) is 12.0 Å². The van der Waals surface area contributed by atoms with Crippen LogP contribution in [0, 0.1) is 5.92 Å². The Labute approximate surface area is 95.2 Å². The third kappa shape index (κ3) is 2.75. The van der Waals surface area contributed by atoms with Crippen molar-refractivity contribution in [1.29, 1.82) is 0 Å². The Morgan fingerprint density at radius 1 is 1.27 bits per heavy atom. The molecule has 0 fully saturated rings. The first-order valence-corrected chi connectivity index (χ1v) is 6.27. The molecule has 0 bridgehead atoms. The molecule has 80 valence electrons. The summed E-state index contributed by atoms with van der Waals surface area (Å²) in [4.78, 5) is 4.63. The van der Waals surface area contributed by atoms with Gasteiger partial charge in [0.1, 0.15) is 0 Å². The summed E-state index contributed by atoms with van der Waals surface area (Å²) in [5, 5.41) is 4.39.